The second-order valence-electron chi connectivity index (χ2n) is 6.32. The van der Waals surface area contributed by atoms with E-state index in [0.717, 1.165) is 11.8 Å². The Labute approximate surface area is 152 Å². The largest absolute Gasteiger partial charge is 0.371 e. The van der Waals surface area contributed by atoms with Gasteiger partial charge in [-0.25, -0.2) is 13.2 Å². The Morgan fingerprint density at radius 1 is 1.23 bits per heavy atom. The number of hydrogen-bond donors (Lipinski definition) is 2. The molecule has 0 spiro atoms. The van der Waals surface area contributed by atoms with Crippen molar-refractivity contribution in [3.8, 4) is 0 Å². The number of hydrogen-bond acceptors (Lipinski definition) is 5. The van der Waals surface area contributed by atoms with Gasteiger partial charge in [0.25, 0.3) is 0 Å². The van der Waals surface area contributed by atoms with Gasteiger partial charge in [-0.1, -0.05) is 6.07 Å². The first-order valence-electron chi connectivity index (χ1n) is 8.24. The van der Waals surface area contributed by atoms with Gasteiger partial charge in [0.15, 0.2) is 9.84 Å². The smallest absolute Gasteiger partial charge is 0.319 e. The van der Waals surface area contributed by atoms with Crippen LogP contribution in [0.3, 0.4) is 0 Å². The Bertz CT molecular complexity index is 900. The highest BCUT2D eigenvalue weighted by atomic mass is 32.2. The van der Waals surface area contributed by atoms with Crippen molar-refractivity contribution in [2.75, 3.05) is 18.2 Å². The van der Waals surface area contributed by atoms with Gasteiger partial charge in [0, 0.05) is 30.9 Å². The van der Waals surface area contributed by atoms with Crippen LogP contribution in [-0.2, 0) is 14.6 Å². The molecule has 2 aromatic rings. The molecule has 7 nitrogen and oxygen atoms in total. The second kappa shape index (κ2) is 7.43. The van der Waals surface area contributed by atoms with E-state index in [1.807, 2.05) is 12.1 Å². The van der Waals surface area contributed by atoms with E-state index < -0.39 is 15.9 Å². The van der Waals surface area contributed by atoms with Crippen LogP contribution in [-0.4, -0.2) is 38.3 Å². The van der Waals surface area contributed by atoms with Crippen molar-refractivity contribution in [3.05, 3.63) is 53.9 Å². The number of amides is 2. The highest BCUT2D eigenvalue weighted by Gasteiger charge is 2.31. The molecular weight excluding hydrogens is 354 g/mol. The van der Waals surface area contributed by atoms with Crippen LogP contribution in [0.15, 0.2) is 47.6 Å². The van der Waals surface area contributed by atoms with Crippen molar-refractivity contribution in [1.82, 2.24) is 10.3 Å². The molecule has 1 aliphatic heterocycles. The van der Waals surface area contributed by atoms with Crippen molar-refractivity contribution in [2.24, 2.45) is 0 Å². The van der Waals surface area contributed by atoms with E-state index in [2.05, 4.69) is 15.6 Å². The van der Waals surface area contributed by atoms with E-state index in [0.29, 0.717) is 24.3 Å². The van der Waals surface area contributed by atoms with Crippen LogP contribution in [0.5, 0.6) is 0 Å². The predicted octanol–water partition coefficient (Wildman–Crippen LogP) is 2.45. The Morgan fingerprint density at radius 2 is 1.96 bits per heavy atom. The van der Waals surface area contributed by atoms with Gasteiger partial charge in [0.2, 0.25) is 0 Å². The molecule has 3 rings (SSSR count). The number of urea groups is 1. The standard InChI is InChI=1S/C18H21N3O4S/c1-12-3-4-14(11-16(12)26(2,23)24)20-18(22)21-15-7-10-25-17(15)13-5-8-19-9-6-13/h3-6,8-9,11,15,17H,7,10H2,1-2H3,(H2,20,21,22)/t15-,17+/m1/s1. The first kappa shape index (κ1) is 18.3. The van der Waals surface area contributed by atoms with Crippen LogP contribution in [0.2, 0.25) is 0 Å². The highest BCUT2D eigenvalue weighted by molar-refractivity contribution is 7.90. The van der Waals surface area contributed by atoms with Gasteiger partial charge < -0.3 is 15.4 Å². The second-order valence-corrected chi connectivity index (χ2v) is 8.30. The fourth-order valence-electron chi connectivity index (χ4n) is 3.03. The molecule has 1 aliphatic rings. The SMILES string of the molecule is Cc1ccc(NC(=O)N[C@@H]2CCO[C@H]2c2ccncc2)cc1S(C)(=O)=O. The number of aryl methyl sites for hydroxylation is 1. The highest BCUT2D eigenvalue weighted by Crippen LogP contribution is 2.29. The number of nitrogens with one attached hydrogen (secondary N) is 2. The number of sulfone groups is 1. The monoisotopic (exact) mass is 375 g/mol. The van der Waals surface area contributed by atoms with Gasteiger partial charge >= 0.3 is 6.03 Å². The first-order valence-corrected chi connectivity index (χ1v) is 10.1. The molecule has 138 valence electrons. The van der Waals surface area contributed by atoms with Gasteiger partial charge in [-0.05, 0) is 48.7 Å². The van der Waals surface area contributed by atoms with E-state index in [-0.39, 0.29) is 17.0 Å². The molecule has 1 saturated heterocycles. The molecule has 1 fully saturated rings. The summed E-state index contributed by atoms with van der Waals surface area (Å²) in [5.74, 6) is 0. The summed E-state index contributed by atoms with van der Waals surface area (Å²) in [6.45, 7) is 2.27. The number of nitrogens with zero attached hydrogens (tertiary/aromatic N) is 1. The molecule has 0 saturated carbocycles. The van der Waals surface area contributed by atoms with Crippen molar-refractivity contribution in [1.29, 1.82) is 0 Å². The summed E-state index contributed by atoms with van der Waals surface area (Å²) >= 11 is 0. The molecule has 2 atom stereocenters. The average molecular weight is 375 g/mol. The van der Waals surface area contributed by atoms with Crippen LogP contribution in [0.1, 0.15) is 23.7 Å². The quantitative estimate of drug-likeness (QED) is 0.855. The van der Waals surface area contributed by atoms with Crippen LogP contribution in [0.25, 0.3) is 0 Å². The van der Waals surface area contributed by atoms with Gasteiger partial charge in [0.1, 0.15) is 6.10 Å². The van der Waals surface area contributed by atoms with E-state index in [1.165, 1.54) is 6.07 Å². The zero-order valence-corrected chi connectivity index (χ0v) is 15.4. The lowest BCUT2D eigenvalue weighted by molar-refractivity contribution is 0.100. The normalized spacial score (nSPS) is 19.9. The Morgan fingerprint density at radius 3 is 2.65 bits per heavy atom. The Kier molecular flexibility index (Phi) is 5.24. The Hall–Kier alpha value is -2.45. The van der Waals surface area contributed by atoms with Crippen molar-refractivity contribution in [2.45, 2.75) is 30.4 Å². The average Bonchev–Trinajstić information content (AvgIpc) is 3.04. The molecule has 8 heteroatoms. The maximum Gasteiger partial charge on any atom is 0.319 e. The molecule has 2 amide bonds. The molecule has 0 aliphatic carbocycles. The minimum Gasteiger partial charge on any atom is -0.371 e. The van der Waals surface area contributed by atoms with E-state index in [9.17, 15) is 13.2 Å². The minimum atomic E-state index is -3.36. The molecule has 0 bridgehead atoms. The van der Waals surface area contributed by atoms with Gasteiger partial charge in [0.05, 0.1) is 10.9 Å². The van der Waals surface area contributed by atoms with E-state index in [1.54, 1.807) is 31.5 Å². The van der Waals surface area contributed by atoms with Crippen LogP contribution in [0, 0.1) is 6.92 Å². The summed E-state index contributed by atoms with van der Waals surface area (Å²) in [6, 6.07) is 7.97. The van der Waals surface area contributed by atoms with E-state index >= 15 is 0 Å². The number of rotatable bonds is 4. The summed E-state index contributed by atoms with van der Waals surface area (Å²) in [5, 5.41) is 5.60. The zero-order chi connectivity index (χ0) is 18.7. The molecule has 1 aromatic carbocycles. The molecular formula is C18H21N3O4S. The molecule has 0 unspecified atom stereocenters. The van der Waals surface area contributed by atoms with Gasteiger partial charge in [-0.15, -0.1) is 0 Å². The maximum absolute atomic E-state index is 12.4. The molecule has 2 heterocycles. The van der Waals surface area contributed by atoms with Crippen LogP contribution in [0.4, 0.5) is 10.5 Å². The van der Waals surface area contributed by atoms with E-state index in [4.69, 9.17) is 4.74 Å². The zero-order valence-electron chi connectivity index (χ0n) is 14.6. The number of anilines is 1. The lowest BCUT2D eigenvalue weighted by Gasteiger charge is -2.20. The summed E-state index contributed by atoms with van der Waals surface area (Å²) in [6.07, 6.45) is 4.99. The summed E-state index contributed by atoms with van der Waals surface area (Å²) in [5.41, 5.74) is 2.02. The number of pyridine rings is 1. The summed E-state index contributed by atoms with van der Waals surface area (Å²) < 4.78 is 29.4. The number of carbonyl (C=O) groups excluding carboxylic acids is 1. The fourth-order valence-corrected chi connectivity index (χ4v) is 4.03. The number of ether oxygens (including phenoxy) is 1. The fraction of sp³-hybridized carbons (Fsp3) is 0.333. The topological polar surface area (TPSA) is 97.4 Å². The predicted molar refractivity (Wildman–Crippen MR) is 97.8 cm³/mol. The van der Waals surface area contributed by atoms with Crippen molar-refractivity contribution in [3.63, 3.8) is 0 Å². The summed E-state index contributed by atoms with van der Waals surface area (Å²) in [7, 11) is -3.36. The lowest BCUT2D eigenvalue weighted by atomic mass is 10.0. The maximum atomic E-state index is 12.4. The van der Waals surface area contributed by atoms with Gasteiger partial charge in [-0.2, -0.15) is 0 Å². The van der Waals surface area contributed by atoms with Crippen LogP contribution < -0.4 is 10.6 Å². The van der Waals surface area contributed by atoms with Gasteiger partial charge in [-0.3, -0.25) is 4.98 Å². The third-order valence-corrected chi connectivity index (χ3v) is 5.53. The Balaban J connectivity index is 1.69. The first-order chi connectivity index (χ1) is 12.3. The number of carbonyl (C=O) groups is 1. The van der Waals surface area contributed by atoms with Crippen molar-refractivity contribution < 1.29 is 17.9 Å². The van der Waals surface area contributed by atoms with Crippen LogP contribution >= 0.6 is 0 Å². The minimum absolute atomic E-state index is 0.169. The molecule has 1 aromatic heterocycles. The lowest BCUT2D eigenvalue weighted by Crippen LogP contribution is -2.39. The summed E-state index contributed by atoms with van der Waals surface area (Å²) in [4.78, 5) is 16.5. The molecule has 2 N–H and O–H groups in total. The third kappa shape index (κ3) is 4.20. The molecule has 0 radical (unpaired) electrons. The van der Waals surface area contributed by atoms with Crippen molar-refractivity contribution >= 4 is 21.6 Å². The molecule has 26 heavy (non-hydrogen) atoms. The number of benzene rings is 1. The number of aromatic nitrogens is 1. The third-order valence-electron chi connectivity index (χ3n) is 4.29.